The molecule has 0 spiro atoms. The number of hydrogen-bond donors (Lipinski definition) is 1. The molecule has 0 aliphatic rings. The summed E-state index contributed by atoms with van der Waals surface area (Å²) in [5, 5.41) is 3.28. The second-order valence-electron chi connectivity index (χ2n) is 7.54. The van der Waals surface area contributed by atoms with Gasteiger partial charge in [-0.2, -0.15) is 0 Å². The lowest BCUT2D eigenvalue weighted by Crippen LogP contribution is -2.80. The van der Waals surface area contributed by atoms with Crippen LogP contribution in [0, 0.1) is 0 Å². The monoisotopic (exact) mass is 432 g/mol. The zero-order valence-corrected chi connectivity index (χ0v) is 20.1. The second kappa shape index (κ2) is 8.61. The summed E-state index contributed by atoms with van der Waals surface area (Å²) in [6.07, 6.45) is 0. The Hall–Kier alpha value is -2.29. The summed E-state index contributed by atoms with van der Waals surface area (Å²) in [7, 11) is -8.65. The molecule has 0 aliphatic heterocycles. The number of benzene rings is 3. The van der Waals surface area contributed by atoms with Gasteiger partial charge in [0.05, 0.1) is 0 Å². The Kier molecular flexibility index (Phi) is 6.36. The van der Waals surface area contributed by atoms with Crippen molar-refractivity contribution in [2.24, 2.45) is 0 Å². The van der Waals surface area contributed by atoms with E-state index >= 15 is 0 Å². The first kappa shape index (κ1) is 21.4. The molecule has 0 saturated heterocycles. The van der Waals surface area contributed by atoms with Gasteiger partial charge in [0.1, 0.15) is 0 Å². The molecule has 5 heteroatoms. The predicted octanol–water partition coefficient (Wildman–Crippen LogP) is 3.34. The van der Waals surface area contributed by atoms with Crippen molar-refractivity contribution in [3.8, 4) is 0 Å². The van der Waals surface area contributed by atoms with Crippen LogP contribution in [0.5, 0.6) is 0 Å². The fraction of sp³-hybridized carbons (Fsp3) is 0.0833. The van der Waals surface area contributed by atoms with Crippen LogP contribution in [-0.4, -0.2) is 28.8 Å². The Morgan fingerprint density at radius 3 is 1.38 bits per heavy atom. The molecular weight excluding hydrogens is 405 g/mol. The highest BCUT2D eigenvalue weighted by Gasteiger charge is 2.58. The average Bonchev–Trinajstić information content (AvgIpc) is 2.79. The van der Waals surface area contributed by atoms with Crippen LogP contribution < -0.4 is 15.6 Å². The Morgan fingerprint density at radius 1 is 0.655 bits per heavy atom. The smallest absolute Gasteiger partial charge is 0.266 e. The van der Waals surface area contributed by atoms with Gasteiger partial charge < -0.3 is 8.91 Å². The van der Waals surface area contributed by atoms with Crippen LogP contribution in [0.15, 0.2) is 116 Å². The third-order valence-corrected chi connectivity index (χ3v) is 22.8. The van der Waals surface area contributed by atoms with Crippen molar-refractivity contribution in [1.29, 1.82) is 0 Å². The predicted molar refractivity (Wildman–Crippen MR) is 131 cm³/mol. The maximum atomic E-state index is 11.9. The summed E-state index contributed by atoms with van der Waals surface area (Å²) in [6.45, 7) is 12.3. The van der Waals surface area contributed by atoms with E-state index in [1.54, 1.807) is 5.70 Å². The van der Waals surface area contributed by atoms with Gasteiger partial charge >= 0.3 is 0 Å². The van der Waals surface area contributed by atoms with Gasteiger partial charge in [0, 0.05) is 0 Å². The minimum atomic E-state index is -3.05. The van der Waals surface area contributed by atoms with Crippen LogP contribution in [0.25, 0.3) is 0 Å². The Balaban J connectivity index is 2.33. The maximum absolute atomic E-state index is 11.9. The molecule has 2 unspecified atom stereocenters. The van der Waals surface area contributed by atoms with Crippen molar-refractivity contribution in [2.75, 3.05) is 0 Å². The zero-order valence-electron chi connectivity index (χ0n) is 17.1. The largest absolute Gasteiger partial charge is 0.443 e. The SMILES string of the molecule is C=C[Si](C)(O[Si](c1ccccc1)(c1ccccc1)[Si](C)(O)C=C)c1ccccc1. The van der Waals surface area contributed by atoms with Gasteiger partial charge in [0.2, 0.25) is 16.2 Å². The summed E-state index contributed by atoms with van der Waals surface area (Å²) in [5.41, 5.74) is 3.74. The van der Waals surface area contributed by atoms with E-state index in [-0.39, 0.29) is 0 Å². The normalized spacial score (nSPS) is 15.7. The molecule has 29 heavy (non-hydrogen) atoms. The first-order chi connectivity index (χ1) is 13.9. The van der Waals surface area contributed by atoms with E-state index < -0.39 is 24.0 Å². The number of hydrogen-bond acceptors (Lipinski definition) is 2. The molecule has 0 radical (unpaired) electrons. The molecule has 2 atom stereocenters. The summed E-state index contributed by atoms with van der Waals surface area (Å²) >= 11 is 0. The van der Waals surface area contributed by atoms with Crippen LogP contribution in [0.3, 0.4) is 0 Å². The third kappa shape index (κ3) is 3.92. The highest BCUT2D eigenvalue weighted by molar-refractivity contribution is 7.49. The molecule has 0 saturated carbocycles. The minimum Gasteiger partial charge on any atom is -0.443 e. The van der Waals surface area contributed by atoms with Crippen LogP contribution in [-0.2, 0) is 4.12 Å². The molecule has 0 aliphatic carbocycles. The van der Waals surface area contributed by atoms with Crippen molar-refractivity contribution in [2.45, 2.75) is 13.1 Å². The zero-order chi connectivity index (χ0) is 21.0. The molecular formula is C24H28O2Si3. The topological polar surface area (TPSA) is 29.5 Å². The van der Waals surface area contributed by atoms with Crippen LogP contribution in [0.4, 0.5) is 0 Å². The fourth-order valence-electron chi connectivity index (χ4n) is 3.77. The fourth-order valence-corrected chi connectivity index (χ4v) is 22.2. The lowest BCUT2D eigenvalue weighted by Gasteiger charge is -2.45. The molecule has 3 aromatic rings. The van der Waals surface area contributed by atoms with E-state index in [1.165, 1.54) is 0 Å². The van der Waals surface area contributed by atoms with E-state index in [4.69, 9.17) is 4.12 Å². The summed E-state index contributed by atoms with van der Waals surface area (Å²) in [4.78, 5) is 11.9. The summed E-state index contributed by atoms with van der Waals surface area (Å²) in [5.74, 6) is 0. The van der Waals surface area contributed by atoms with Gasteiger partial charge in [-0.3, -0.25) is 0 Å². The molecule has 0 amide bonds. The van der Waals surface area contributed by atoms with E-state index in [9.17, 15) is 4.80 Å². The van der Waals surface area contributed by atoms with Gasteiger partial charge in [-0.25, -0.2) is 0 Å². The summed E-state index contributed by atoms with van der Waals surface area (Å²) in [6, 6.07) is 30.7. The molecule has 2 nitrogen and oxygen atoms in total. The van der Waals surface area contributed by atoms with Gasteiger partial charge in [0.25, 0.3) is 7.83 Å². The van der Waals surface area contributed by atoms with E-state index in [0.29, 0.717) is 0 Å². The quantitative estimate of drug-likeness (QED) is 0.553. The first-order valence-electron chi connectivity index (χ1n) is 9.76. The highest BCUT2D eigenvalue weighted by atomic mass is 29.3. The van der Waals surface area contributed by atoms with Crippen LogP contribution in [0.2, 0.25) is 13.1 Å². The molecule has 0 heterocycles. The second-order valence-corrected chi connectivity index (χ2v) is 21.9. The molecule has 0 aromatic heterocycles. The highest BCUT2D eigenvalue weighted by Crippen LogP contribution is 2.25. The van der Waals surface area contributed by atoms with Crippen molar-refractivity contribution in [3.63, 3.8) is 0 Å². The lowest BCUT2D eigenvalue weighted by atomic mass is 10.4. The average molecular weight is 433 g/mol. The Labute approximate surface area is 177 Å². The van der Waals surface area contributed by atoms with Crippen molar-refractivity contribution >= 4 is 39.5 Å². The van der Waals surface area contributed by atoms with Crippen molar-refractivity contribution < 1.29 is 8.91 Å². The molecule has 0 fully saturated rings. The minimum absolute atomic E-state index is 1.07. The van der Waals surface area contributed by atoms with Gasteiger partial charge in [-0.1, -0.05) is 102 Å². The summed E-state index contributed by atoms with van der Waals surface area (Å²) < 4.78 is 7.29. The van der Waals surface area contributed by atoms with Gasteiger partial charge in [-0.15, -0.1) is 13.2 Å². The van der Waals surface area contributed by atoms with Crippen molar-refractivity contribution in [1.82, 2.24) is 0 Å². The van der Waals surface area contributed by atoms with Crippen molar-refractivity contribution in [3.05, 3.63) is 116 Å². The molecule has 1 N–H and O–H groups in total. The standard InChI is InChI=1S/C24H28O2Si3/c1-5-27(3,22-16-10-7-11-17-22)26-29(28(4,25)6-2,23-18-12-8-13-19-23)24-20-14-9-15-21-24/h5-21,25H,1-2H2,3-4H3. The Morgan fingerprint density at radius 2 is 1.03 bits per heavy atom. The maximum Gasteiger partial charge on any atom is 0.266 e. The van der Waals surface area contributed by atoms with Crippen LogP contribution >= 0.6 is 0 Å². The third-order valence-electron chi connectivity index (χ3n) is 5.57. The number of rotatable bonds is 8. The molecule has 3 rings (SSSR count). The molecule has 0 bridgehead atoms. The lowest BCUT2D eigenvalue weighted by molar-refractivity contribution is 0.541. The first-order valence-corrected chi connectivity index (χ1v) is 17.7. The van der Waals surface area contributed by atoms with Gasteiger partial charge in [0.15, 0.2) is 0 Å². The van der Waals surface area contributed by atoms with E-state index in [0.717, 1.165) is 15.6 Å². The van der Waals surface area contributed by atoms with E-state index in [1.807, 2.05) is 66.8 Å². The molecule has 3 aromatic carbocycles. The van der Waals surface area contributed by atoms with Gasteiger partial charge in [-0.05, 0) is 28.7 Å². The molecule has 148 valence electrons. The van der Waals surface area contributed by atoms with Crippen LogP contribution in [0.1, 0.15) is 0 Å². The Bertz CT molecular complexity index is 920. The van der Waals surface area contributed by atoms with E-state index in [2.05, 4.69) is 56.1 Å².